The maximum absolute atomic E-state index is 12.5. The van der Waals surface area contributed by atoms with Gasteiger partial charge in [0.25, 0.3) is 5.91 Å². The second kappa shape index (κ2) is 10.2. The first-order chi connectivity index (χ1) is 13.8. The number of benzene rings is 2. The van der Waals surface area contributed by atoms with Gasteiger partial charge in [0.2, 0.25) is 0 Å². The van der Waals surface area contributed by atoms with Gasteiger partial charge in [-0.25, -0.2) is 4.79 Å². The lowest BCUT2D eigenvalue weighted by Gasteiger charge is -2.12. The van der Waals surface area contributed by atoms with E-state index >= 15 is 0 Å². The van der Waals surface area contributed by atoms with Gasteiger partial charge >= 0.3 is 5.97 Å². The molecule has 0 aliphatic rings. The number of hydrogen-bond donors (Lipinski definition) is 2. The molecule has 0 saturated carbocycles. The summed E-state index contributed by atoms with van der Waals surface area (Å²) in [6, 6.07) is 11.7. The molecule has 0 saturated heterocycles. The van der Waals surface area contributed by atoms with Crippen molar-refractivity contribution in [1.29, 1.82) is 5.26 Å². The Hall–Kier alpha value is -3.50. The Morgan fingerprint density at radius 3 is 2.66 bits per heavy atom. The molecule has 0 spiro atoms. The van der Waals surface area contributed by atoms with Crippen LogP contribution < -0.4 is 14.8 Å². The van der Waals surface area contributed by atoms with Crippen molar-refractivity contribution in [2.75, 3.05) is 18.5 Å². The van der Waals surface area contributed by atoms with E-state index in [0.29, 0.717) is 34.2 Å². The highest BCUT2D eigenvalue weighted by molar-refractivity contribution is 6.31. The van der Waals surface area contributed by atoms with Gasteiger partial charge in [0.15, 0.2) is 18.1 Å². The Kier molecular flexibility index (Phi) is 7.63. The van der Waals surface area contributed by atoms with Gasteiger partial charge in [-0.15, -0.1) is 0 Å². The number of ether oxygens (including phenoxy) is 2. The summed E-state index contributed by atoms with van der Waals surface area (Å²) in [6.07, 6.45) is 1.40. The number of halogens is 1. The van der Waals surface area contributed by atoms with Crippen molar-refractivity contribution in [1.82, 2.24) is 0 Å². The monoisotopic (exact) mass is 414 g/mol. The largest absolute Gasteiger partial charge is 0.490 e. The van der Waals surface area contributed by atoms with Gasteiger partial charge in [0, 0.05) is 10.7 Å². The summed E-state index contributed by atoms with van der Waals surface area (Å²) in [6.45, 7) is 3.35. The Labute approximate surface area is 173 Å². The number of amides is 1. The molecule has 0 radical (unpaired) electrons. The number of carboxylic acids is 1. The predicted molar refractivity (Wildman–Crippen MR) is 109 cm³/mol. The first-order valence-electron chi connectivity index (χ1n) is 8.65. The molecule has 2 N–H and O–H groups in total. The first kappa shape index (κ1) is 21.8. The number of carboxylic acid groups (broad SMARTS) is 1. The first-order valence-corrected chi connectivity index (χ1v) is 9.03. The zero-order valence-electron chi connectivity index (χ0n) is 15.9. The number of hydrogen-bond acceptors (Lipinski definition) is 5. The lowest BCUT2D eigenvalue weighted by Crippen LogP contribution is -2.14. The molecule has 0 atom stereocenters. The minimum Gasteiger partial charge on any atom is -0.490 e. The van der Waals surface area contributed by atoms with Crippen molar-refractivity contribution < 1.29 is 24.2 Å². The third kappa shape index (κ3) is 5.99. The third-order valence-electron chi connectivity index (χ3n) is 3.81. The quantitative estimate of drug-likeness (QED) is 0.498. The Morgan fingerprint density at radius 2 is 2.00 bits per heavy atom. The van der Waals surface area contributed by atoms with Crippen LogP contribution in [-0.2, 0) is 9.59 Å². The smallest absolute Gasteiger partial charge is 0.341 e. The fourth-order valence-electron chi connectivity index (χ4n) is 2.39. The number of rotatable bonds is 8. The highest BCUT2D eigenvalue weighted by atomic mass is 35.5. The number of nitrogens with zero attached hydrogens (tertiary/aromatic N) is 1. The summed E-state index contributed by atoms with van der Waals surface area (Å²) in [5.74, 6) is -1.13. The molecule has 0 aliphatic carbocycles. The molecule has 0 aliphatic heterocycles. The maximum atomic E-state index is 12.5. The van der Waals surface area contributed by atoms with E-state index in [2.05, 4.69) is 5.32 Å². The van der Waals surface area contributed by atoms with Crippen molar-refractivity contribution in [3.05, 3.63) is 58.1 Å². The number of nitrogens with one attached hydrogen (secondary N) is 1. The summed E-state index contributed by atoms with van der Waals surface area (Å²) in [5.41, 5.74) is 1.60. The van der Waals surface area contributed by atoms with Crippen molar-refractivity contribution >= 4 is 35.2 Å². The van der Waals surface area contributed by atoms with Crippen LogP contribution in [0.3, 0.4) is 0 Å². The molecule has 0 unspecified atom stereocenters. The van der Waals surface area contributed by atoms with Gasteiger partial charge in [0.1, 0.15) is 11.6 Å². The van der Waals surface area contributed by atoms with Gasteiger partial charge in [-0.3, -0.25) is 4.79 Å². The highest BCUT2D eigenvalue weighted by Gasteiger charge is 2.13. The van der Waals surface area contributed by atoms with E-state index in [1.807, 2.05) is 6.07 Å². The zero-order valence-corrected chi connectivity index (χ0v) is 16.6. The molecule has 7 nitrogen and oxygen atoms in total. The van der Waals surface area contributed by atoms with E-state index in [4.69, 9.17) is 26.2 Å². The summed E-state index contributed by atoms with van der Waals surface area (Å²) in [4.78, 5) is 23.2. The SMILES string of the molecule is CCOc1cc(/C=C(\C#N)C(=O)Nc2cccc(Cl)c2C)ccc1OCC(=O)O. The van der Waals surface area contributed by atoms with Crippen LogP contribution in [0.5, 0.6) is 11.5 Å². The van der Waals surface area contributed by atoms with Crippen LogP contribution in [0.4, 0.5) is 5.69 Å². The average Bonchev–Trinajstić information content (AvgIpc) is 2.69. The molecule has 2 rings (SSSR count). The number of carbonyl (C=O) groups is 2. The van der Waals surface area contributed by atoms with Crippen LogP contribution in [0.2, 0.25) is 5.02 Å². The van der Waals surface area contributed by atoms with Crippen LogP contribution >= 0.6 is 11.6 Å². The molecule has 2 aromatic rings. The maximum Gasteiger partial charge on any atom is 0.341 e. The Morgan fingerprint density at radius 1 is 1.24 bits per heavy atom. The second-order valence-electron chi connectivity index (χ2n) is 5.86. The highest BCUT2D eigenvalue weighted by Crippen LogP contribution is 2.29. The number of carbonyl (C=O) groups excluding carboxylic acids is 1. The molecule has 0 aromatic heterocycles. The van der Waals surface area contributed by atoms with Crippen LogP contribution in [0, 0.1) is 18.3 Å². The molecule has 150 valence electrons. The van der Waals surface area contributed by atoms with Crippen molar-refractivity contribution in [3.8, 4) is 17.6 Å². The van der Waals surface area contributed by atoms with E-state index in [1.54, 1.807) is 44.2 Å². The van der Waals surface area contributed by atoms with E-state index in [0.717, 1.165) is 0 Å². The molecule has 0 bridgehead atoms. The van der Waals surface area contributed by atoms with Crippen molar-refractivity contribution in [3.63, 3.8) is 0 Å². The van der Waals surface area contributed by atoms with Gasteiger partial charge in [-0.05, 0) is 55.3 Å². The third-order valence-corrected chi connectivity index (χ3v) is 4.22. The molecule has 0 fully saturated rings. The van der Waals surface area contributed by atoms with Crippen LogP contribution in [0.15, 0.2) is 42.0 Å². The van der Waals surface area contributed by atoms with Gasteiger partial charge in [-0.2, -0.15) is 5.26 Å². The van der Waals surface area contributed by atoms with Gasteiger partial charge in [0.05, 0.1) is 6.61 Å². The molecule has 2 aromatic carbocycles. The summed E-state index contributed by atoms with van der Waals surface area (Å²) in [7, 11) is 0. The number of anilines is 1. The molecule has 1 amide bonds. The lowest BCUT2D eigenvalue weighted by molar-refractivity contribution is -0.139. The zero-order chi connectivity index (χ0) is 21.4. The fraction of sp³-hybridized carbons (Fsp3) is 0.190. The molecule has 0 heterocycles. The van der Waals surface area contributed by atoms with Crippen molar-refractivity contribution in [2.45, 2.75) is 13.8 Å². The van der Waals surface area contributed by atoms with Crippen molar-refractivity contribution in [2.24, 2.45) is 0 Å². The predicted octanol–water partition coefficient (Wildman–Crippen LogP) is 4.06. The Balaban J connectivity index is 2.28. The lowest BCUT2D eigenvalue weighted by atomic mass is 10.1. The molecule has 8 heteroatoms. The van der Waals surface area contributed by atoms with Crippen LogP contribution in [0.1, 0.15) is 18.1 Å². The van der Waals surface area contributed by atoms with E-state index in [9.17, 15) is 14.9 Å². The summed E-state index contributed by atoms with van der Waals surface area (Å²) >= 11 is 6.05. The van der Waals surface area contributed by atoms with E-state index < -0.39 is 18.5 Å². The minimum absolute atomic E-state index is 0.119. The van der Waals surface area contributed by atoms with E-state index in [1.165, 1.54) is 12.1 Å². The normalized spacial score (nSPS) is 10.8. The molecular weight excluding hydrogens is 396 g/mol. The van der Waals surface area contributed by atoms with Gasteiger partial charge < -0.3 is 19.9 Å². The van der Waals surface area contributed by atoms with Crippen LogP contribution in [0.25, 0.3) is 6.08 Å². The molecule has 29 heavy (non-hydrogen) atoms. The average molecular weight is 415 g/mol. The van der Waals surface area contributed by atoms with Crippen LogP contribution in [-0.4, -0.2) is 30.2 Å². The second-order valence-corrected chi connectivity index (χ2v) is 6.27. The summed E-state index contributed by atoms with van der Waals surface area (Å²) < 4.78 is 10.7. The topological polar surface area (TPSA) is 109 Å². The summed E-state index contributed by atoms with van der Waals surface area (Å²) in [5, 5.41) is 21.3. The number of aliphatic carboxylic acids is 1. The van der Waals surface area contributed by atoms with E-state index in [-0.39, 0.29) is 11.3 Å². The Bertz CT molecular complexity index is 995. The standard InChI is InChI=1S/C21H19ClN2O5/c1-3-28-19-10-14(7-8-18(19)29-12-20(25)26)9-15(11-23)21(27)24-17-6-4-5-16(22)13(17)2/h4-10H,3,12H2,1-2H3,(H,24,27)(H,25,26)/b15-9+. The number of nitriles is 1. The minimum atomic E-state index is -1.11. The molecular formula is C21H19ClN2O5. The van der Waals surface area contributed by atoms with Gasteiger partial charge in [-0.1, -0.05) is 23.7 Å². The fourth-order valence-corrected chi connectivity index (χ4v) is 2.56.